The number of aromatic nitrogens is 5. The van der Waals surface area contributed by atoms with E-state index in [2.05, 4.69) is 15.1 Å². The van der Waals surface area contributed by atoms with Crippen molar-refractivity contribution in [1.29, 1.82) is 0 Å². The zero-order valence-electron chi connectivity index (χ0n) is 18.3. The number of halogens is 2. The van der Waals surface area contributed by atoms with Crippen molar-refractivity contribution in [3.05, 3.63) is 72.6 Å². The van der Waals surface area contributed by atoms with E-state index in [-0.39, 0.29) is 35.2 Å². The molecule has 3 aromatic heterocycles. The largest absolute Gasteiger partial charge is 0.390 e. The maximum Gasteiger partial charge on any atom is 0.158 e. The van der Waals surface area contributed by atoms with E-state index in [1.54, 1.807) is 17.5 Å². The molecule has 1 aliphatic rings. The minimum atomic E-state index is -0.735. The van der Waals surface area contributed by atoms with Crippen LogP contribution in [0.1, 0.15) is 31.5 Å². The Hall–Kier alpha value is -3.62. The summed E-state index contributed by atoms with van der Waals surface area (Å²) in [4.78, 5) is 13.5. The summed E-state index contributed by atoms with van der Waals surface area (Å²) in [5, 5.41) is 15.2. The van der Waals surface area contributed by atoms with Gasteiger partial charge in [-0.05, 0) is 31.9 Å². The summed E-state index contributed by atoms with van der Waals surface area (Å²) in [6, 6.07) is 16.9. The van der Waals surface area contributed by atoms with Gasteiger partial charge in [0, 0.05) is 22.4 Å². The van der Waals surface area contributed by atoms with Crippen molar-refractivity contribution in [2.24, 2.45) is 0 Å². The highest BCUT2D eigenvalue weighted by Gasteiger charge is 2.42. The number of rotatable bonds is 3. The first-order valence-corrected chi connectivity index (χ1v) is 10.8. The molecule has 2 aromatic carbocycles. The monoisotopic (exact) mass is 476 g/mol. The van der Waals surface area contributed by atoms with Crippen LogP contribution >= 0.6 is 12.4 Å². The third kappa shape index (κ3) is 3.46. The first-order chi connectivity index (χ1) is 15.9. The van der Waals surface area contributed by atoms with Crippen molar-refractivity contribution in [2.75, 3.05) is 5.73 Å². The number of fused-ring (bicyclic) bond motifs is 2. The molecule has 0 saturated heterocycles. The van der Waals surface area contributed by atoms with E-state index in [0.29, 0.717) is 41.0 Å². The van der Waals surface area contributed by atoms with Gasteiger partial charge in [0.25, 0.3) is 0 Å². The molecule has 1 aliphatic carbocycles. The zero-order chi connectivity index (χ0) is 22.7. The van der Waals surface area contributed by atoms with Gasteiger partial charge in [0.1, 0.15) is 28.9 Å². The summed E-state index contributed by atoms with van der Waals surface area (Å²) in [5.41, 5.74) is 8.43. The van der Waals surface area contributed by atoms with Crippen molar-refractivity contribution in [2.45, 2.75) is 31.3 Å². The summed E-state index contributed by atoms with van der Waals surface area (Å²) in [7, 11) is 0. The van der Waals surface area contributed by atoms with Gasteiger partial charge >= 0.3 is 0 Å². The van der Waals surface area contributed by atoms with Crippen LogP contribution in [0.4, 0.5) is 10.2 Å². The Morgan fingerprint density at radius 3 is 2.53 bits per heavy atom. The average Bonchev–Trinajstić information content (AvgIpc) is 3.18. The van der Waals surface area contributed by atoms with Crippen LogP contribution in [-0.4, -0.2) is 35.3 Å². The predicted octanol–water partition coefficient (Wildman–Crippen LogP) is 4.78. The van der Waals surface area contributed by atoms with Crippen molar-refractivity contribution in [3.8, 4) is 22.5 Å². The molecule has 3 heterocycles. The highest BCUT2D eigenvalue weighted by atomic mass is 35.5. The first kappa shape index (κ1) is 22.2. The van der Waals surface area contributed by atoms with Crippen molar-refractivity contribution >= 4 is 34.6 Å². The van der Waals surface area contributed by atoms with Crippen molar-refractivity contribution in [3.63, 3.8) is 0 Å². The Kier molecular flexibility index (Phi) is 5.22. The topological polar surface area (TPSA) is 102 Å². The molecule has 5 aromatic rings. The average molecular weight is 477 g/mol. The second kappa shape index (κ2) is 8.00. The number of aliphatic hydroxyl groups is 1. The standard InChI is InChI=1S/C25H21FN6O.ClH/c1-25(33)11-16(12-25)24-31-21(22-23(27)28-13-29-32(22)24)17-9-7-15-8-10-18(30-20(15)19(17)26)14-5-3-2-4-6-14;/h2-10,13,16,33H,11-12H2,1H3,(H2,27,28,29);1H. The fraction of sp³-hybridized carbons (Fsp3) is 0.200. The second-order valence-corrected chi connectivity index (χ2v) is 8.89. The molecule has 172 valence electrons. The molecular formula is C25H22ClFN6O. The molecule has 3 N–H and O–H groups in total. The van der Waals surface area contributed by atoms with E-state index in [9.17, 15) is 5.11 Å². The molecule has 0 spiro atoms. The SMILES string of the molecule is CC1(O)CC(c2nc(-c3ccc4ccc(-c5ccccc5)nc4c3F)c3c(N)ncnn23)C1.Cl. The number of hydrogen-bond acceptors (Lipinski definition) is 6. The summed E-state index contributed by atoms with van der Waals surface area (Å²) in [6.45, 7) is 1.79. The van der Waals surface area contributed by atoms with Crippen LogP contribution in [0, 0.1) is 5.82 Å². The lowest BCUT2D eigenvalue weighted by Gasteiger charge is -2.39. The Morgan fingerprint density at radius 2 is 1.79 bits per heavy atom. The molecule has 0 radical (unpaired) electrons. The van der Waals surface area contributed by atoms with Crippen molar-refractivity contribution < 1.29 is 9.50 Å². The number of anilines is 1. The van der Waals surface area contributed by atoms with Gasteiger partial charge in [-0.1, -0.05) is 42.5 Å². The molecule has 0 atom stereocenters. The van der Waals surface area contributed by atoms with E-state index in [1.165, 1.54) is 6.33 Å². The minimum absolute atomic E-state index is 0. The quantitative estimate of drug-likeness (QED) is 0.388. The maximum atomic E-state index is 15.9. The van der Waals surface area contributed by atoms with E-state index in [4.69, 9.17) is 10.7 Å². The molecule has 0 unspecified atom stereocenters. The van der Waals surface area contributed by atoms with Crippen LogP contribution in [0.15, 0.2) is 60.9 Å². The van der Waals surface area contributed by atoms with Crippen LogP contribution in [0.3, 0.4) is 0 Å². The Balaban J connectivity index is 0.00000241. The van der Waals surface area contributed by atoms with E-state index < -0.39 is 11.4 Å². The molecule has 9 heteroatoms. The first-order valence-electron chi connectivity index (χ1n) is 10.8. The van der Waals surface area contributed by atoms with Crippen LogP contribution < -0.4 is 5.73 Å². The number of imidazole rings is 1. The van der Waals surface area contributed by atoms with Crippen LogP contribution in [0.5, 0.6) is 0 Å². The van der Waals surface area contributed by atoms with E-state index >= 15 is 4.39 Å². The Labute approximate surface area is 200 Å². The van der Waals surface area contributed by atoms with Gasteiger partial charge < -0.3 is 10.8 Å². The van der Waals surface area contributed by atoms with Crippen LogP contribution in [0.2, 0.25) is 0 Å². The van der Waals surface area contributed by atoms with Gasteiger partial charge in [0.2, 0.25) is 0 Å². The molecule has 1 saturated carbocycles. The molecular weight excluding hydrogens is 455 g/mol. The second-order valence-electron chi connectivity index (χ2n) is 8.89. The summed E-state index contributed by atoms with van der Waals surface area (Å²) in [6.07, 6.45) is 2.47. The summed E-state index contributed by atoms with van der Waals surface area (Å²) in [5.74, 6) is 0.393. The molecule has 1 fully saturated rings. The minimum Gasteiger partial charge on any atom is -0.390 e. The normalized spacial score (nSPS) is 19.7. The van der Waals surface area contributed by atoms with Crippen LogP contribution in [-0.2, 0) is 0 Å². The third-order valence-corrected chi connectivity index (χ3v) is 6.35. The number of nitrogens with zero attached hydrogens (tertiary/aromatic N) is 5. The summed E-state index contributed by atoms with van der Waals surface area (Å²) < 4.78 is 17.5. The van der Waals surface area contributed by atoms with Gasteiger partial charge in [0.05, 0.1) is 11.3 Å². The molecule has 0 aliphatic heterocycles. The lowest BCUT2D eigenvalue weighted by Crippen LogP contribution is -2.40. The molecule has 0 bridgehead atoms. The molecule has 0 amide bonds. The Morgan fingerprint density at radius 1 is 1.06 bits per heavy atom. The Bertz CT molecular complexity index is 1530. The maximum absolute atomic E-state index is 15.9. The number of nitrogens with two attached hydrogens (primary N) is 1. The van der Waals surface area contributed by atoms with Gasteiger partial charge in [-0.2, -0.15) is 5.10 Å². The number of benzene rings is 2. The third-order valence-electron chi connectivity index (χ3n) is 6.35. The lowest BCUT2D eigenvalue weighted by molar-refractivity contribution is -0.0337. The van der Waals surface area contributed by atoms with Gasteiger partial charge in [-0.15, -0.1) is 12.4 Å². The van der Waals surface area contributed by atoms with Crippen LogP contribution in [0.25, 0.3) is 38.9 Å². The van der Waals surface area contributed by atoms with Crippen molar-refractivity contribution in [1.82, 2.24) is 24.6 Å². The highest BCUT2D eigenvalue weighted by molar-refractivity contribution is 5.92. The van der Waals surface area contributed by atoms with Gasteiger partial charge in [0.15, 0.2) is 11.6 Å². The van der Waals surface area contributed by atoms with E-state index in [0.717, 1.165) is 5.56 Å². The highest BCUT2D eigenvalue weighted by Crippen LogP contribution is 2.45. The molecule has 34 heavy (non-hydrogen) atoms. The zero-order valence-corrected chi connectivity index (χ0v) is 19.1. The number of pyridine rings is 1. The number of nitrogen functional groups attached to an aromatic ring is 1. The van der Waals surface area contributed by atoms with Gasteiger partial charge in [-0.3, -0.25) is 0 Å². The fourth-order valence-electron chi connectivity index (χ4n) is 4.72. The predicted molar refractivity (Wildman–Crippen MR) is 131 cm³/mol. The van der Waals surface area contributed by atoms with Gasteiger partial charge in [-0.25, -0.2) is 23.9 Å². The summed E-state index contributed by atoms with van der Waals surface area (Å²) >= 11 is 0. The number of hydrogen-bond donors (Lipinski definition) is 2. The lowest BCUT2D eigenvalue weighted by atomic mass is 9.72. The fourth-order valence-corrected chi connectivity index (χ4v) is 4.72. The van der Waals surface area contributed by atoms with E-state index in [1.807, 2.05) is 48.5 Å². The smallest absolute Gasteiger partial charge is 0.158 e. The molecule has 6 rings (SSSR count). The molecule has 7 nitrogen and oxygen atoms in total.